The van der Waals surface area contributed by atoms with Crippen molar-refractivity contribution in [3.05, 3.63) is 0 Å². The van der Waals surface area contributed by atoms with Gasteiger partial charge in [0.1, 0.15) is 5.60 Å². The molecule has 132 valence electrons. The number of ether oxygens (including phenoxy) is 1. The van der Waals surface area contributed by atoms with E-state index in [4.69, 9.17) is 9.84 Å². The molecule has 2 fully saturated rings. The standard InChI is InChI=1S/C16H29N3O4/c1-16(2,3)23-14(20)17-12-6-9-19(11-12)13-5-4-8-18(10-7-13)15(21)22/h12-13H,4-11H2,1-3H3,(H,17,20)(H,21,22)/t12-,13?/m1/s1. The molecule has 0 aliphatic carbocycles. The molecule has 0 aromatic carbocycles. The molecule has 2 aliphatic rings. The minimum absolute atomic E-state index is 0.115. The molecule has 1 unspecified atom stereocenters. The molecule has 0 spiro atoms. The van der Waals surface area contributed by atoms with Crippen LogP contribution in [0.2, 0.25) is 0 Å². The smallest absolute Gasteiger partial charge is 0.407 e. The number of alkyl carbamates (subject to hydrolysis) is 1. The van der Waals surface area contributed by atoms with Crippen LogP contribution in [0.25, 0.3) is 0 Å². The molecule has 2 heterocycles. The van der Waals surface area contributed by atoms with Crippen LogP contribution in [0.3, 0.4) is 0 Å². The first kappa shape index (κ1) is 17.8. The van der Waals surface area contributed by atoms with Gasteiger partial charge in [0.2, 0.25) is 0 Å². The molecule has 0 aromatic heterocycles. The van der Waals surface area contributed by atoms with Gasteiger partial charge in [0.15, 0.2) is 0 Å². The van der Waals surface area contributed by atoms with Gasteiger partial charge in [-0.2, -0.15) is 0 Å². The second-order valence-electron chi connectivity index (χ2n) is 7.48. The number of likely N-dealkylation sites (tertiary alicyclic amines) is 2. The summed E-state index contributed by atoms with van der Waals surface area (Å²) < 4.78 is 5.30. The zero-order valence-corrected chi connectivity index (χ0v) is 14.4. The Hall–Kier alpha value is -1.50. The first-order chi connectivity index (χ1) is 10.7. The average molecular weight is 327 g/mol. The number of amides is 2. The first-order valence-electron chi connectivity index (χ1n) is 8.46. The van der Waals surface area contributed by atoms with Crippen molar-refractivity contribution in [1.82, 2.24) is 15.1 Å². The van der Waals surface area contributed by atoms with Crippen LogP contribution in [0.5, 0.6) is 0 Å². The highest BCUT2D eigenvalue weighted by Crippen LogP contribution is 2.22. The van der Waals surface area contributed by atoms with Crippen molar-refractivity contribution < 1.29 is 19.4 Å². The van der Waals surface area contributed by atoms with E-state index in [2.05, 4.69) is 10.2 Å². The van der Waals surface area contributed by atoms with Crippen molar-refractivity contribution in [3.63, 3.8) is 0 Å². The van der Waals surface area contributed by atoms with Crippen LogP contribution in [0.1, 0.15) is 46.5 Å². The van der Waals surface area contributed by atoms with E-state index in [0.717, 1.165) is 38.8 Å². The molecule has 7 heteroatoms. The quantitative estimate of drug-likeness (QED) is 0.812. The van der Waals surface area contributed by atoms with E-state index in [1.165, 1.54) is 4.90 Å². The second-order valence-corrected chi connectivity index (χ2v) is 7.48. The van der Waals surface area contributed by atoms with Crippen LogP contribution in [0.15, 0.2) is 0 Å². The Kier molecular flexibility index (Phi) is 5.73. The summed E-state index contributed by atoms with van der Waals surface area (Å²) in [5.41, 5.74) is -0.482. The number of hydrogen-bond acceptors (Lipinski definition) is 4. The number of rotatable bonds is 2. The van der Waals surface area contributed by atoms with E-state index in [1.807, 2.05) is 20.8 Å². The summed E-state index contributed by atoms with van der Waals surface area (Å²) in [6, 6.07) is 0.522. The van der Waals surface area contributed by atoms with Gasteiger partial charge in [0.25, 0.3) is 0 Å². The molecule has 0 bridgehead atoms. The number of nitrogens with zero attached hydrogens (tertiary/aromatic N) is 2. The summed E-state index contributed by atoms with van der Waals surface area (Å²) in [5, 5.41) is 12.0. The summed E-state index contributed by atoms with van der Waals surface area (Å²) in [5.74, 6) is 0. The topological polar surface area (TPSA) is 82.1 Å². The van der Waals surface area contributed by atoms with Crippen molar-refractivity contribution in [2.45, 2.75) is 64.1 Å². The van der Waals surface area contributed by atoms with Gasteiger partial charge >= 0.3 is 12.2 Å². The van der Waals surface area contributed by atoms with Gasteiger partial charge in [-0.3, -0.25) is 4.90 Å². The van der Waals surface area contributed by atoms with E-state index >= 15 is 0 Å². The third-order valence-corrected chi connectivity index (χ3v) is 4.43. The summed E-state index contributed by atoms with van der Waals surface area (Å²) in [4.78, 5) is 26.8. The first-order valence-corrected chi connectivity index (χ1v) is 8.46. The third kappa shape index (κ3) is 5.57. The fourth-order valence-corrected chi connectivity index (χ4v) is 3.35. The van der Waals surface area contributed by atoms with Gasteiger partial charge in [0.05, 0.1) is 0 Å². The number of carboxylic acid groups (broad SMARTS) is 1. The number of carbonyl (C=O) groups excluding carboxylic acids is 1. The Bertz CT molecular complexity index is 436. The lowest BCUT2D eigenvalue weighted by Crippen LogP contribution is -2.42. The van der Waals surface area contributed by atoms with Gasteiger partial charge in [-0.25, -0.2) is 9.59 Å². The third-order valence-electron chi connectivity index (χ3n) is 4.43. The summed E-state index contributed by atoms with van der Waals surface area (Å²) >= 11 is 0. The fourth-order valence-electron chi connectivity index (χ4n) is 3.35. The summed E-state index contributed by atoms with van der Waals surface area (Å²) in [6.07, 6.45) is 2.52. The number of carbonyl (C=O) groups is 2. The fraction of sp³-hybridized carbons (Fsp3) is 0.875. The van der Waals surface area contributed by atoms with Crippen molar-refractivity contribution in [1.29, 1.82) is 0 Å². The molecular formula is C16H29N3O4. The molecule has 2 aliphatic heterocycles. The number of nitrogens with one attached hydrogen (secondary N) is 1. The molecule has 23 heavy (non-hydrogen) atoms. The molecule has 2 N–H and O–H groups in total. The predicted molar refractivity (Wildman–Crippen MR) is 86.6 cm³/mol. The van der Waals surface area contributed by atoms with Crippen molar-refractivity contribution in [2.75, 3.05) is 26.2 Å². The van der Waals surface area contributed by atoms with Crippen LogP contribution in [-0.4, -0.2) is 71.0 Å². The molecule has 2 amide bonds. The Labute approximate surface area is 138 Å². The lowest BCUT2D eigenvalue weighted by molar-refractivity contribution is 0.0504. The minimum Gasteiger partial charge on any atom is -0.465 e. The van der Waals surface area contributed by atoms with E-state index in [1.54, 1.807) is 0 Å². The Morgan fingerprint density at radius 1 is 1.13 bits per heavy atom. The molecule has 0 aromatic rings. The molecule has 2 atom stereocenters. The highest BCUT2D eigenvalue weighted by molar-refractivity contribution is 5.68. The Morgan fingerprint density at radius 3 is 2.52 bits per heavy atom. The van der Waals surface area contributed by atoms with Gasteiger partial charge in [-0.05, 0) is 46.5 Å². The van der Waals surface area contributed by atoms with Crippen molar-refractivity contribution >= 4 is 12.2 Å². The average Bonchev–Trinajstić information content (AvgIpc) is 2.71. The maximum Gasteiger partial charge on any atom is 0.407 e. The van der Waals surface area contributed by atoms with Crippen LogP contribution in [0.4, 0.5) is 9.59 Å². The maximum atomic E-state index is 11.8. The predicted octanol–water partition coefficient (Wildman–Crippen LogP) is 2.12. The summed E-state index contributed by atoms with van der Waals surface area (Å²) in [6.45, 7) is 8.54. The molecule has 7 nitrogen and oxygen atoms in total. The van der Waals surface area contributed by atoms with Crippen LogP contribution in [0, 0.1) is 0 Å². The normalized spacial score (nSPS) is 26.7. The van der Waals surface area contributed by atoms with E-state index in [9.17, 15) is 9.59 Å². The van der Waals surface area contributed by atoms with E-state index < -0.39 is 11.7 Å². The van der Waals surface area contributed by atoms with Crippen molar-refractivity contribution in [3.8, 4) is 0 Å². The zero-order chi connectivity index (χ0) is 17.0. The molecule has 2 saturated heterocycles. The Morgan fingerprint density at radius 2 is 1.87 bits per heavy atom. The highest BCUT2D eigenvalue weighted by atomic mass is 16.6. The molecule has 2 rings (SSSR count). The van der Waals surface area contributed by atoms with Crippen LogP contribution >= 0.6 is 0 Å². The maximum absolute atomic E-state index is 11.8. The Balaban J connectivity index is 1.78. The van der Waals surface area contributed by atoms with Gasteiger partial charge in [0, 0.05) is 38.3 Å². The van der Waals surface area contributed by atoms with Gasteiger partial charge < -0.3 is 20.1 Å². The van der Waals surface area contributed by atoms with Crippen LogP contribution in [-0.2, 0) is 4.74 Å². The monoisotopic (exact) mass is 327 g/mol. The van der Waals surface area contributed by atoms with Crippen molar-refractivity contribution in [2.24, 2.45) is 0 Å². The largest absolute Gasteiger partial charge is 0.465 e. The van der Waals surface area contributed by atoms with E-state index in [0.29, 0.717) is 19.1 Å². The minimum atomic E-state index is -0.823. The summed E-state index contributed by atoms with van der Waals surface area (Å²) in [7, 11) is 0. The zero-order valence-electron chi connectivity index (χ0n) is 14.4. The highest BCUT2D eigenvalue weighted by Gasteiger charge is 2.31. The van der Waals surface area contributed by atoms with Crippen LogP contribution < -0.4 is 5.32 Å². The lowest BCUT2D eigenvalue weighted by atomic mass is 10.1. The number of hydrogen-bond donors (Lipinski definition) is 2. The SMILES string of the molecule is CC(C)(C)OC(=O)N[C@@H]1CCN(C2CCCN(C(=O)O)CC2)C1. The molecular weight excluding hydrogens is 298 g/mol. The van der Waals surface area contributed by atoms with Gasteiger partial charge in [-0.15, -0.1) is 0 Å². The molecule has 0 saturated carbocycles. The lowest BCUT2D eigenvalue weighted by Gasteiger charge is -2.27. The second kappa shape index (κ2) is 7.38. The van der Waals surface area contributed by atoms with Gasteiger partial charge in [-0.1, -0.05) is 0 Å². The molecule has 0 radical (unpaired) electrons. The van der Waals surface area contributed by atoms with E-state index in [-0.39, 0.29) is 12.1 Å².